The molecule has 28 heavy (non-hydrogen) atoms. The Morgan fingerprint density at radius 3 is 2.57 bits per heavy atom. The Kier molecular flexibility index (Phi) is 6.12. The minimum absolute atomic E-state index is 0.0545. The first-order valence-corrected chi connectivity index (χ1v) is 10.8. The fourth-order valence-electron chi connectivity index (χ4n) is 2.49. The lowest BCUT2D eigenvalue weighted by molar-refractivity contribution is 0.0951. The standard InChI is InChI=1S/C18H19N5O3S2/c1-12-8-16(28(19,25)26)7-6-15(12)9-20-17(24)14-4-2-13(3-5-14)10-27-18-21-11-22-23-18/h2-8,11H,9-10H2,1H3,(H,20,24)(H2,19,25,26)(H,21,22,23). The van der Waals surface area contributed by atoms with Gasteiger partial charge in [0.2, 0.25) is 10.0 Å². The molecular weight excluding hydrogens is 398 g/mol. The summed E-state index contributed by atoms with van der Waals surface area (Å²) in [5.41, 5.74) is 3.17. The van der Waals surface area contributed by atoms with E-state index in [0.717, 1.165) is 21.8 Å². The Hall–Kier alpha value is -2.69. The molecule has 146 valence electrons. The molecule has 10 heteroatoms. The number of hydrogen-bond donors (Lipinski definition) is 3. The number of carbonyl (C=O) groups excluding carboxylic acids is 1. The predicted octanol–water partition coefficient (Wildman–Crippen LogP) is 1.98. The maximum atomic E-state index is 12.4. The maximum Gasteiger partial charge on any atom is 0.251 e. The van der Waals surface area contributed by atoms with Crippen molar-refractivity contribution < 1.29 is 13.2 Å². The summed E-state index contributed by atoms with van der Waals surface area (Å²) in [6.07, 6.45) is 1.46. The van der Waals surface area contributed by atoms with Crippen molar-refractivity contribution in [1.29, 1.82) is 0 Å². The molecule has 0 saturated carbocycles. The number of benzene rings is 2. The van der Waals surface area contributed by atoms with E-state index in [4.69, 9.17) is 5.14 Å². The SMILES string of the molecule is Cc1cc(S(N)(=O)=O)ccc1CNC(=O)c1ccc(CSc2ncn[nH]2)cc1. The second-order valence-corrected chi connectivity index (χ2v) is 8.62. The molecule has 1 amide bonds. The maximum absolute atomic E-state index is 12.4. The van der Waals surface area contributed by atoms with E-state index in [9.17, 15) is 13.2 Å². The quantitative estimate of drug-likeness (QED) is 0.504. The van der Waals surface area contributed by atoms with Crippen LogP contribution < -0.4 is 10.5 Å². The number of rotatable bonds is 7. The summed E-state index contributed by atoms with van der Waals surface area (Å²) >= 11 is 1.52. The van der Waals surface area contributed by atoms with Crippen LogP contribution >= 0.6 is 11.8 Å². The molecule has 3 aromatic rings. The number of aromatic nitrogens is 3. The van der Waals surface area contributed by atoms with Crippen molar-refractivity contribution in [2.75, 3.05) is 0 Å². The summed E-state index contributed by atoms with van der Waals surface area (Å²) in [5.74, 6) is 0.511. The topological polar surface area (TPSA) is 131 Å². The molecule has 4 N–H and O–H groups in total. The Balaban J connectivity index is 1.57. The van der Waals surface area contributed by atoms with Crippen LogP contribution in [0.25, 0.3) is 0 Å². The number of nitrogens with one attached hydrogen (secondary N) is 2. The normalized spacial score (nSPS) is 11.4. The highest BCUT2D eigenvalue weighted by Crippen LogP contribution is 2.19. The van der Waals surface area contributed by atoms with Gasteiger partial charge in [-0.3, -0.25) is 9.89 Å². The number of amides is 1. The molecule has 3 rings (SSSR count). The van der Waals surface area contributed by atoms with Crippen molar-refractivity contribution in [3.8, 4) is 0 Å². The molecule has 0 unspecified atom stereocenters. The van der Waals surface area contributed by atoms with Crippen molar-refractivity contribution >= 4 is 27.7 Å². The molecule has 2 aromatic carbocycles. The second-order valence-electron chi connectivity index (χ2n) is 6.09. The average molecular weight is 418 g/mol. The van der Waals surface area contributed by atoms with Crippen molar-refractivity contribution in [2.24, 2.45) is 5.14 Å². The molecule has 0 spiro atoms. The lowest BCUT2D eigenvalue weighted by Crippen LogP contribution is -2.23. The fourth-order valence-corrected chi connectivity index (χ4v) is 3.82. The molecule has 0 aliphatic heterocycles. The van der Waals surface area contributed by atoms with Crippen LogP contribution in [0, 0.1) is 6.92 Å². The van der Waals surface area contributed by atoms with Gasteiger partial charge in [0.25, 0.3) is 5.91 Å². The molecule has 0 atom stereocenters. The molecule has 0 aliphatic carbocycles. The largest absolute Gasteiger partial charge is 0.348 e. The molecule has 8 nitrogen and oxygen atoms in total. The monoisotopic (exact) mass is 417 g/mol. The van der Waals surface area contributed by atoms with E-state index >= 15 is 0 Å². The Bertz CT molecular complexity index is 1070. The van der Waals surface area contributed by atoms with E-state index in [2.05, 4.69) is 20.5 Å². The highest BCUT2D eigenvalue weighted by atomic mass is 32.2. The van der Waals surface area contributed by atoms with Gasteiger partial charge in [0.15, 0.2) is 5.16 Å². The van der Waals surface area contributed by atoms with Crippen molar-refractivity contribution in [3.63, 3.8) is 0 Å². The number of sulfonamides is 1. The van der Waals surface area contributed by atoms with Gasteiger partial charge in [-0.15, -0.1) is 0 Å². The van der Waals surface area contributed by atoms with E-state index in [1.54, 1.807) is 25.1 Å². The third-order valence-corrected chi connectivity index (χ3v) is 5.93. The number of aromatic amines is 1. The van der Waals surface area contributed by atoms with Crippen LogP contribution in [0.3, 0.4) is 0 Å². The van der Waals surface area contributed by atoms with Gasteiger partial charge in [0.1, 0.15) is 6.33 Å². The van der Waals surface area contributed by atoms with Gasteiger partial charge < -0.3 is 5.32 Å². The highest BCUT2D eigenvalue weighted by Gasteiger charge is 2.11. The number of nitrogens with zero attached hydrogens (tertiary/aromatic N) is 2. The minimum Gasteiger partial charge on any atom is -0.348 e. The van der Waals surface area contributed by atoms with Crippen LogP contribution in [-0.4, -0.2) is 29.5 Å². The zero-order valence-electron chi connectivity index (χ0n) is 15.0. The van der Waals surface area contributed by atoms with Crippen LogP contribution in [0.15, 0.2) is 58.8 Å². The van der Waals surface area contributed by atoms with Crippen LogP contribution in [0.5, 0.6) is 0 Å². The molecule has 0 radical (unpaired) electrons. The van der Waals surface area contributed by atoms with Crippen molar-refractivity contribution in [3.05, 3.63) is 71.0 Å². The predicted molar refractivity (Wildman–Crippen MR) is 106 cm³/mol. The van der Waals surface area contributed by atoms with Gasteiger partial charge in [0.05, 0.1) is 4.90 Å². The second kappa shape index (κ2) is 8.55. The summed E-state index contributed by atoms with van der Waals surface area (Å²) < 4.78 is 22.8. The number of H-pyrrole nitrogens is 1. The van der Waals surface area contributed by atoms with Gasteiger partial charge in [0, 0.05) is 17.9 Å². The molecule has 1 heterocycles. The average Bonchev–Trinajstić information content (AvgIpc) is 3.18. The van der Waals surface area contributed by atoms with Gasteiger partial charge in [-0.2, -0.15) is 5.10 Å². The minimum atomic E-state index is -3.74. The zero-order valence-corrected chi connectivity index (χ0v) is 16.7. The van der Waals surface area contributed by atoms with Crippen LogP contribution in [0.2, 0.25) is 0 Å². The summed E-state index contributed by atoms with van der Waals surface area (Å²) in [4.78, 5) is 16.5. The lowest BCUT2D eigenvalue weighted by Gasteiger charge is -2.10. The summed E-state index contributed by atoms with van der Waals surface area (Å²) in [5, 5.41) is 15.3. The number of hydrogen-bond acceptors (Lipinski definition) is 6. The van der Waals surface area contributed by atoms with Gasteiger partial charge in [-0.05, 0) is 47.9 Å². The zero-order chi connectivity index (χ0) is 20.1. The van der Waals surface area contributed by atoms with Crippen LogP contribution in [0.1, 0.15) is 27.0 Å². The number of nitrogens with two attached hydrogens (primary N) is 1. The first-order valence-electron chi connectivity index (χ1n) is 8.30. The molecule has 0 saturated heterocycles. The fraction of sp³-hybridized carbons (Fsp3) is 0.167. The number of primary sulfonamides is 1. The first kappa shape index (κ1) is 20.1. The van der Waals surface area contributed by atoms with Gasteiger partial charge in [-0.25, -0.2) is 18.5 Å². The van der Waals surface area contributed by atoms with E-state index < -0.39 is 10.0 Å². The Morgan fingerprint density at radius 2 is 1.96 bits per heavy atom. The van der Waals surface area contributed by atoms with E-state index in [-0.39, 0.29) is 10.8 Å². The lowest BCUT2D eigenvalue weighted by atomic mass is 10.1. The molecular formula is C18H19N5O3S2. The van der Waals surface area contributed by atoms with E-state index in [1.807, 2.05) is 12.1 Å². The van der Waals surface area contributed by atoms with Gasteiger partial charge >= 0.3 is 0 Å². The third kappa shape index (κ3) is 5.18. The summed E-state index contributed by atoms with van der Waals surface area (Å²) in [7, 11) is -3.74. The van der Waals surface area contributed by atoms with Crippen molar-refractivity contribution in [2.45, 2.75) is 29.3 Å². The smallest absolute Gasteiger partial charge is 0.251 e. The molecule has 0 aliphatic rings. The Labute approximate surface area is 167 Å². The summed E-state index contributed by atoms with van der Waals surface area (Å²) in [6, 6.07) is 11.9. The Morgan fingerprint density at radius 1 is 1.21 bits per heavy atom. The number of carbonyl (C=O) groups is 1. The van der Waals surface area contributed by atoms with E-state index in [0.29, 0.717) is 17.9 Å². The first-order chi connectivity index (χ1) is 13.3. The number of thioether (sulfide) groups is 1. The highest BCUT2D eigenvalue weighted by molar-refractivity contribution is 7.98. The third-order valence-electron chi connectivity index (χ3n) is 4.07. The van der Waals surface area contributed by atoms with Gasteiger partial charge in [-0.1, -0.05) is 30.0 Å². The molecule has 0 bridgehead atoms. The molecule has 1 aromatic heterocycles. The van der Waals surface area contributed by atoms with Crippen LogP contribution in [-0.2, 0) is 22.3 Å². The summed E-state index contributed by atoms with van der Waals surface area (Å²) in [6.45, 7) is 2.07. The van der Waals surface area contributed by atoms with Crippen LogP contribution in [0.4, 0.5) is 0 Å². The van der Waals surface area contributed by atoms with Crippen molar-refractivity contribution in [1.82, 2.24) is 20.5 Å². The number of aryl methyl sites for hydroxylation is 1. The van der Waals surface area contributed by atoms with E-state index in [1.165, 1.54) is 30.2 Å². The molecule has 0 fully saturated rings.